The first-order valence-corrected chi connectivity index (χ1v) is 34.1. The van der Waals surface area contributed by atoms with Crippen LogP contribution in [0, 0.1) is 22.7 Å². The van der Waals surface area contributed by atoms with Gasteiger partial charge in [-0.15, -0.1) is 0 Å². The summed E-state index contributed by atoms with van der Waals surface area (Å²) >= 11 is 0. The molecule has 0 spiro atoms. The molecule has 0 N–H and O–H groups in total. The Morgan fingerprint density at radius 2 is 1.14 bits per heavy atom. The first kappa shape index (κ1) is 54.6. The second kappa shape index (κ2) is 24.6. The van der Waals surface area contributed by atoms with E-state index in [9.17, 15) is 0 Å². The van der Waals surface area contributed by atoms with Gasteiger partial charge in [-0.05, 0) is 184 Å². The Morgan fingerprint density at radius 3 is 1.64 bits per heavy atom. The van der Waals surface area contributed by atoms with Crippen LogP contribution >= 0.6 is 0 Å². The molecule has 0 radical (unpaired) electrons. The Morgan fingerprint density at radius 1 is 0.621 bits per heavy atom. The zero-order valence-electron chi connectivity index (χ0n) is 45.1. The van der Waals surface area contributed by atoms with Gasteiger partial charge in [-0.2, -0.15) is 0 Å². The lowest BCUT2D eigenvalue weighted by Crippen LogP contribution is -2.54. The van der Waals surface area contributed by atoms with Crippen LogP contribution in [0.4, 0.5) is 0 Å². The van der Waals surface area contributed by atoms with Crippen LogP contribution in [0.15, 0.2) is 18.2 Å². The smallest absolute Gasteiger partial charge is 0.250 e. The molecule has 0 amide bonds. The number of hydrogen-bond donors (Lipinski definition) is 0. The number of benzene rings is 1. The molecule has 380 valence electrons. The molecular weight excluding hydrogens is 849 g/mol. The lowest BCUT2D eigenvalue weighted by molar-refractivity contribution is -0.163. The molecular formula is C58H104O6Si2. The lowest BCUT2D eigenvalue weighted by Gasteiger charge is -2.53. The minimum absolute atomic E-state index is 0.0509. The Labute approximate surface area is 409 Å². The third kappa shape index (κ3) is 14.4. The molecule has 8 heteroatoms. The van der Waals surface area contributed by atoms with Gasteiger partial charge < -0.3 is 27.8 Å². The van der Waals surface area contributed by atoms with E-state index >= 15 is 0 Å². The van der Waals surface area contributed by atoms with Crippen molar-refractivity contribution in [3.05, 3.63) is 29.3 Å². The zero-order chi connectivity index (χ0) is 47.5. The highest BCUT2D eigenvalue weighted by atomic mass is 28.4. The van der Waals surface area contributed by atoms with Gasteiger partial charge in [0.25, 0.3) is 0 Å². The first-order chi connectivity index (χ1) is 31.4. The number of unbranched alkanes of at least 4 members (excludes halogenated alkanes) is 12. The molecule has 0 aromatic heterocycles. The Hall–Kier alpha value is -0.746. The minimum atomic E-state index is -2.05. The van der Waals surface area contributed by atoms with Crippen molar-refractivity contribution < 1.29 is 27.8 Å². The topological polar surface area (TPSA) is 55.4 Å². The van der Waals surface area contributed by atoms with Crippen molar-refractivity contribution in [2.24, 2.45) is 22.7 Å². The van der Waals surface area contributed by atoms with E-state index in [1.165, 1.54) is 148 Å². The summed E-state index contributed by atoms with van der Waals surface area (Å²) < 4.78 is 38.6. The van der Waals surface area contributed by atoms with Crippen LogP contribution in [0.25, 0.3) is 0 Å². The Kier molecular flexibility index (Phi) is 20.3. The number of aryl methyl sites for hydroxylation is 1. The van der Waals surface area contributed by atoms with Crippen LogP contribution in [-0.2, 0) is 29.8 Å². The highest BCUT2D eigenvalue weighted by Gasteiger charge is 2.65. The van der Waals surface area contributed by atoms with Crippen molar-refractivity contribution in [1.29, 1.82) is 0 Å². The van der Waals surface area contributed by atoms with Gasteiger partial charge in [0.2, 0.25) is 8.32 Å². The fraction of sp³-hybridized carbons (Fsp3) is 0.897. The minimum Gasteiger partial charge on any atom is -0.543 e. The largest absolute Gasteiger partial charge is 0.543 e. The second-order valence-electron chi connectivity index (χ2n) is 25.8. The van der Waals surface area contributed by atoms with Crippen LogP contribution in [0.3, 0.4) is 0 Å². The summed E-state index contributed by atoms with van der Waals surface area (Å²) in [6, 6.07) is 7.32. The summed E-state index contributed by atoms with van der Waals surface area (Å²) in [5, 5.41) is 0.390. The normalized spacial score (nSPS) is 29.6. The average Bonchev–Trinajstić information content (AvgIpc) is 3.51. The number of fused-ring (bicyclic) bond motifs is 5. The molecule has 2 aliphatic heterocycles. The molecule has 1 aromatic carbocycles. The summed E-state index contributed by atoms with van der Waals surface area (Å²) in [4.78, 5) is 0. The molecule has 1 aromatic rings. The zero-order valence-corrected chi connectivity index (χ0v) is 47.1. The van der Waals surface area contributed by atoms with E-state index in [1.54, 1.807) is 11.1 Å². The van der Waals surface area contributed by atoms with Crippen molar-refractivity contribution in [1.82, 2.24) is 0 Å². The number of hydrogen-bond acceptors (Lipinski definition) is 6. The molecule has 2 saturated carbocycles. The summed E-state index contributed by atoms with van der Waals surface area (Å²) in [6.45, 7) is 30.6. The van der Waals surface area contributed by atoms with Crippen molar-refractivity contribution in [3.8, 4) is 5.75 Å². The Balaban J connectivity index is 1.12. The van der Waals surface area contributed by atoms with Crippen LogP contribution in [0.1, 0.15) is 232 Å². The molecule has 6 rings (SSSR count). The molecule has 7 atom stereocenters. The van der Waals surface area contributed by atoms with E-state index in [-0.39, 0.29) is 33.5 Å². The van der Waals surface area contributed by atoms with Crippen LogP contribution < -0.4 is 4.43 Å². The summed E-state index contributed by atoms with van der Waals surface area (Å²) in [5.41, 5.74) is 3.72. The van der Waals surface area contributed by atoms with Gasteiger partial charge in [0.1, 0.15) is 5.75 Å². The molecule has 66 heavy (non-hydrogen) atoms. The standard InChI is InChI=1S/C58H104O6Si2/c1-55(2,3)65(8,9)63-47-33-35-48-46(44-47)32-34-50-49(48)36-39-57(7)51(50)45-58(54(57)64-66(10,11)56(4,5)6,37-24-18-14-12-16-20-26-40-59-52-30-22-28-42-61-52)38-25-19-15-13-17-21-27-41-60-53-31-23-29-43-62-53/h33,35,44,49-54H,12-32,34,36-43,45H2,1-11H3/t49-,50-,51+,52?,53?,54-,57+,58?/m1/s1. The maximum absolute atomic E-state index is 8.03. The van der Waals surface area contributed by atoms with Gasteiger partial charge in [0.05, 0.1) is 6.10 Å². The predicted molar refractivity (Wildman–Crippen MR) is 282 cm³/mol. The molecule has 3 aliphatic carbocycles. The van der Waals surface area contributed by atoms with Crippen molar-refractivity contribution in [2.45, 2.75) is 283 Å². The van der Waals surface area contributed by atoms with Gasteiger partial charge in [-0.25, -0.2) is 0 Å². The molecule has 4 fully saturated rings. The van der Waals surface area contributed by atoms with Crippen molar-refractivity contribution >= 4 is 16.6 Å². The third-order valence-corrected chi connectivity index (χ3v) is 27.6. The molecule has 6 nitrogen and oxygen atoms in total. The Bertz CT molecular complexity index is 1530. The van der Waals surface area contributed by atoms with E-state index in [0.717, 1.165) is 69.7 Å². The second-order valence-corrected chi connectivity index (χ2v) is 35.3. The van der Waals surface area contributed by atoms with Gasteiger partial charge in [-0.3, -0.25) is 0 Å². The molecule has 2 saturated heterocycles. The lowest BCUT2D eigenvalue weighted by atomic mass is 9.55. The summed E-state index contributed by atoms with van der Waals surface area (Å²) in [5.74, 6) is 3.25. The average molecular weight is 954 g/mol. The van der Waals surface area contributed by atoms with E-state index in [0.29, 0.717) is 12.0 Å². The van der Waals surface area contributed by atoms with E-state index in [2.05, 4.69) is 92.9 Å². The number of rotatable bonds is 26. The van der Waals surface area contributed by atoms with Gasteiger partial charge >= 0.3 is 0 Å². The SMILES string of the molecule is CC(C)(C)[Si](C)(C)Oc1ccc2c(c1)CC[C@@H]1[C@@H]2CC[C@@]2(C)[C@H]1CC(CCCCCCCCCOC1CCCCO1)(CCCCCCCCCOC1CCCCO1)[C@@H]2O[Si](C)(C)C(C)(C)C. The summed E-state index contributed by atoms with van der Waals surface area (Å²) in [7, 11) is -3.95. The fourth-order valence-electron chi connectivity index (χ4n) is 12.7. The van der Waals surface area contributed by atoms with E-state index in [1.807, 2.05) is 0 Å². The van der Waals surface area contributed by atoms with Gasteiger partial charge in [-0.1, -0.05) is 132 Å². The van der Waals surface area contributed by atoms with Gasteiger partial charge in [0, 0.05) is 26.4 Å². The van der Waals surface area contributed by atoms with Crippen molar-refractivity contribution in [3.63, 3.8) is 0 Å². The quantitative estimate of drug-likeness (QED) is 0.0681. The molecule has 5 aliphatic rings. The summed E-state index contributed by atoms with van der Waals surface area (Å²) in [6.07, 6.45) is 35.0. The van der Waals surface area contributed by atoms with E-state index < -0.39 is 16.6 Å². The highest BCUT2D eigenvalue weighted by molar-refractivity contribution is 6.75. The van der Waals surface area contributed by atoms with Crippen LogP contribution in [0.5, 0.6) is 5.75 Å². The predicted octanol–water partition coefficient (Wildman–Crippen LogP) is 17.2. The molecule has 2 heterocycles. The molecule has 2 unspecified atom stereocenters. The van der Waals surface area contributed by atoms with Crippen LogP contribution in [0.2, 0.25) is 36.3 Å². The maximum Gasteiger partial charge on any atom is 0.250 e. The van der Waals surface area contributed by atoms with Gasteiger partial charge in [0.15, 0.2) is 20.9 Å². The first-order valence-electron chi connectivity index (χ1n) is 28.3. The fourth-order valence-corrected chi connectivity index (χ4v) is 15.2. The van der Waals surface area contributed by atoms with Crippen molar-refractivity contribution in [2.75, 3.05) is 26.4 Å². The maximum atomic E-state index is 8.03. The van der Waals surface area contributed by atoms with Crippen LogP contribution in [-0.4, -0.2) is 61.7 Å². The third-order valence-electron chi connectivity index (χ3n) is 18.8. The molecule has 0 bridgehead atoms. The monoisotopic (exact) mass is 953 g/mol. The number of ether oxygens (including phenoxy) is 4. The van der Waals surface area contributed by atoms with E-state index in [4.69, 9.17) is 27.8 Å². The highest BCUT2D eigenvalue weighted by Crippen LogP contribution is 2.69.